The lowest BCUT2D eigenvalue weighted by atomic mass is 10.3. The van der Waals surface area contributed by atoms with Crippen LogP contribution in [0, 0.1) is 0 Å². The lowest BCUT2D eigenvalue weighted by molar-refractivity contribution is -0.139. The molecule has 0 unspecified atom stereocenters. The molecule has 0 aliphatic heterocycles. The number of anilines is 1. The first-order chi connectivity index (χ1) is 9.95. The summed E-state index contributed by atoms with van der Waals surface area (Å²) in [7, 11) is 1.72. The number of carbonyl (C=O) groups excluding carboxylic acids is 1. The van der Waals surface area contributed by atoms with E-state index in [0.717, 1.165) is 0 Å². The summed E-state index contributed by atoms with van der Waals surface area (Å²) in [6.45, 7) is -0.440. The van der Waals surface area contributed by atoms with Crippen LogP contribution >= 0.6 is 11.6 Å². The summed E-state index contributed by atoms with van der Waals surface area (Å²) < 4.78 is 6.66. The number of carboxylic acid groups (broad SMARTS) is 1. The number of hydrogen-bond acceptors (Lipinski definition) is 3. The zero-order valence-electron chi connectivity index (χ0n) is 11.2. The molecule has 21 heavy (non-hydrogen) atoms. The molecule has 0 spiro atoms. The molecule has 1 amide bonds. The first-order valence-corrected chi connectivity index (χ1v) is 6.41. The highest BCUT2D eigenvalue weighted by atomic mass is 35.5. The number of aryl methyl sites for hydroxylation is 1. The van der Waals surface area contributed by atoms with Crippen LogP contribution in [0.3, 0.4) is 0 Å². The van der Waals surface area contributed by atoms with E-state index >= 15 is 0 Å². The quantitative estimate of drug-likeness (QED) is 0.888. The van der Waals surface area contributed by atoms with Gasteiger partial charge in [-0.1, -0.05) is 17.7 Å². The number of amides is 1. The Morgan fingerprint density at radius 2 is 2.14 bits per heavy atom. The normalized spacial score (nSPS) is 10.2. The lowest BCUT2D eigenvalue weighted by Gasteiger charge is -2.08. The van der Waals surface area contributed by atoms with E-state index in [2.05, 4.69) is 5.32 Å². The van der Waals surface area contributed by atoms with E-state index in [1.165, 1.54) is 0 Å². The molecular weight excluding hydrogens is 296 g/mol. The Hall–Kier alpha value is -2.47. The van der Waals surface area contributed by atoms with Crippen molar-refractivity contribution in [3.63, 3.8) is 0 Å². The molecule has 1 aromatic heterocycles. The van der Waals surface area contributed by atoms with Gasteiger partial charge in [0.15, 0.2) is 6.61 Å². The zero-order valence-corrected chi connectivity index (χ0v) is 11.9. The molecule has 0 saturated heterocycles. The molecule has 2 N–H and O–H groups in total. The molecule has 2 aromatic rings. The van der Waals surface area contributed by atoms with Crippen LogP contribution in [-0.4, -0.2) is 28.2 Å². The number of carboxylic acids is 1. The molecule has 1 aromatic carbocycles. The lowest BCUT2D eigenvalue weighted by Crippen LogP contribution is -2.15. The van der Waals surface area contributed by atoms with E-state index in [0.29, 0.717) is 22.2 Å². The van der Waals surface area contributed by atoms with Crippen molar-refractivity contribution in [3.05, 3.63) is 47.2 Å². The number of aromatic nitrogens is 1. The number of benzene rings is 1. The van der Waals surface area contributed by atoms with Crippen molar-refractivity contribution in [2.45, 2.75) is 0 Å². The number of hydrogen-bond donors (Lipinski definition) is 2. The van der Waals surface area contributed by atoms with Crippen molar-refractivity contribution in [3.8, 4) is 5.75 Å². The molecule has 110 valence electrons. The van der Waals surface area contributed by atoms with Crippen LogP contribution in [-0.2, 0) is 11.8 Å². The molecule has 0 radical (unpaired) electrons. The van der Waals surface area contributed by atoms with E-state index in [1.54, 1.807) is 48.1 Å². The van der Waals surface area contributed by atoms with Crippen molar-refractivity contribution in [1.82, 2.24) is 4.57 Å². The number of rotatable bonds is 5. The fourth-order valence-electron chi connectivity index (χ4n) is 1.75. The van der Waals surface area contributed by atoms with Crippen LogP contribution in [0.4, 0.5) is 5.69 Å². The second kappa shape index (κ2) is 6.32. The summed E-state index contributed by atoms with van der Waals surface area (Å²) >= 11 is 5.83. The molecule has 0 bridgehead atoms. The van der Waals surface area contributed by atoms with Gasteiger partial charge in [0.25, 0.3) is 5.91 Å². The number of nitrogens with zero attached hydrogens (tertiary/aromatic N) is 1. The number of halogens is 1. The highest BCUT2D eigenvalue weighted by Crippen LogP contribution is 2.19. The van der Waals surface area contributed by atoms with Gasteiger partial charge in [-0.3, -0.25) is 4.79 Å². The summed E-state index contributed by atoms with van der Waals surface area (Å²) in [6.07, 6.45) is 1.63. The van der Waals surface area contributed by atoms with Gasteiger partial charge in [0.05, 0.1) is 5.02 Å². The van der Waals surface area contributed by atoms with Gasteiger partial charge in [-0.25, -0.2) is 4.79 Å². The second-order valence-corrected chi connectivity index (χ2v) is 4.76. The standard InChI is InChI=1S/C14H13ClN2O4/c1-17-7-9(15)5-12(17)14(20)16-10-3-2-4-11(6-10)21-8-13(18)19/h2-7H,8H2,1H3,(H,16,20)(H,18,19). The summed E-state index contributed by atoms with van der Waals surface area (Å²) in [6, 6.07) is 8.05. The average Bonchev–Trinajstić information content (AvgIpc) is 2.76. The molecule has 2 rings (SSSR count). The Bertz CT molecular complexity index is 681. The third-order valence-electron chi connectivity index (χ3n) is 2.66. The predicted molar refractivity (Wildman–Crippen MR) is 77.9 cm³/mol. The van der Waals surface area contributed by atoms with Crippen LogP contribution in [0.1, 0.15) is 10.5 Å². The van der Waals surface area contributed by atoms with Crippen molar-refractivity contribution < 1.29 is 19.4 Å². The molecule has 6 nitrogen and oxygen atoms in total. The van der Waals surface area contributed by atoms with Gasteiger partial charge in [0.2, 0.25) is 0 Å². The monoisotopic (exact) mass is 308 g/mol. The molecule has 7 heteroatoms. The summed E-state index contributed by atoms with van der Waals surface area (Å²) in [4.78, 5) is 22.6. The number of ether oxygens (including phenoxy) is 1. The van der Waals surface area contributed by atoms with Crippen molar-refractivity contribution >= 4 is 29.2 Å². The van der Waals surface area contributed by atoms with E-state index in [1.807, 2.05) is 0 Å². The minimum absolute atomic E-state index is 0.320. The Kier molecular flexibility index (Phi) is 4.49. The van der Waals surface area contributed by atoms with Gasteiger partial charge in [0, 0.05) is 25.0 Å². The Balaban J connectivity index is 2.09. The first kappa shape index (κ1) is 14.9. The zero-order chi connectivity index (χ0) is 15.4. The van der Waals surface area contributed by atoms with Crippen molar-refractivity contribution in [2.24, 2.45) is 7.05 Å². The van der Waals surface area contributed by atoms with Gasteiger partial charge in [-0.15, -0.1) is 0 Å². The maximum Gasteiger partial charge on any atom is 0.341 e. The minimum Gasteiger partial charge on any atom is -0.482 e. The van der Waals surface area contributed by atoms with Crippen molar-refractivity contribution in [1.29, 1.82) is 0 Å². The highest BCUT2D eigenvalue weighted by molar-refractivity contribution is 6.31. The highest BCUT2D eigenvalue weighted by Gasteiger charge is 2.11. The molecule has 0 atom stereocenters. The first-order valence-electron chi connectivity index (χ1n) is 6.03. The average molecular weight is 309 g/mol. The van der Waals surface area contributed by atoms with Crippen LogP contribution in [0.5, 0.6) is 5.75 Å². The van der Waals surface area contributed by atoms with Gasteiger partial charge in [-0.05, 0) is 18.2 Å². The van der Waals surface area contributed by atoms with E-state index in [-0.39, 0.29) is 5.91 Å². The topological polar surface area (TPSA) is 80.6 Å². The third-order valence-corrected chi connectivity index (χ3v) is 2.87. The molecule has 0 aliphatic carbocycles. The van der Waals surface area contributed by atoms with Crippen LogP contribution < -0.4 is 10.1 Å². The van der Waals surface area contributed by atoms with Crippen LogP contribution in [0.2, 0.25) is 5.02 Å². The Morgan fingerprint density at radius 1 is 1.38 bits per heavy atom. The van der Waals surface area contributed by atoms with Gasteiger partial charge < -0.3 is 19.7 Å². The van der Waals surface area contributed by atoms with Crippen LogP contribution in [0.25, 0.3) is 0 Å². The Labute approximate surface area is 125 Å². The third kappa shape index (κ3) is 4.00. The molecular formula is C14H13ClN2O4. The smallest absolute Gasteiger partial charge is 0.341 e. The van der Waals surface area contributed by atoms with Gasteiger partial charge in [-0.2, -0.15) is 0 Å². The molecule has 1 heterocycles. The van der Waals surface area contributed by atoms with E-state index in [4.69, 9.17) is 21.4 Å². The summed E-state index contributed by atoms with van der Waals surface area (Å²) in [5.41, 5.74) is 0.914. The minimum atomic E-state index is -1.07. The maximum absolute atomic E-state index is 12.1. The SMILES string of the molecule is Cn1cc(Cl)cc1C(=O)Nc1cccc(OCC(=O)O)c1. The van der Waals surface area contributed by atoms with E-state index in [9.17, 15) is 9.59 Å². The number of aliphatic carboxylic acids is 1. The van der Waals surface area contributed by atoms with Gasteiger partial charge >= 0.3 is 5.97 Å². The largest absolute Gasteiger partial charge is 0.482 e. The summed E-state index contributed by atoms with van der Waals surface area (Å²) in [5, 5.41) is 11.7. The molecule has 0 aliphatic rings. The second-order valence-electron chi connectivity index (χ2n) is 4.32. The number of carbonyl (C=O) groups is 2. The van der Waals surface area contributed by atoms with E-state index < -0.39 is 12.6 Å². The maximum atomic E-state index is 12.1. The summed E-state index contributed by atoms with van der Waals surface area (Å²) in [5.74, 6) is -1.03. The fraction of sp³-hybridized carbons (Fsp3) is 0.143. The molecule has 0 saturated carbocycles. The molecule has 0 fully saturated rings. The fourth-order valence-corrected chi connectivity index (χ4v) is 2.00. The van der Waals surface area contributed by atoms with Crippen LogP contribution in [0.15, 0.2) is 36.5 Å². The van der Waals surface area contributed by atoms with Gasteiger partial charge in [0.1, 0.15) is 11.4 Å². The predicted octanol–water partition coefficient (Wildman–Crippen LogP) is 2.39. The number of nitrogens with one attached hydrogen (secondary N) is 1. The Morgan fingerprint density at radius 3 is 2.76 bits per heavy atom. The van der Waals surface area contributed by atoms with Crippen molar-refractivity contribution in [2.75, 3.05) is 11.9 Å².